The van der Waals surface area contributed by atoms with Crippen LogP contribution in [0.15, 0.2) is 30.5 Å². The maximum Gasteiger partial charge on any atom is 0.322 e. The lowest BCUT2D eigenvalue weighted by Crippen LogP contribution is -2.31. The van der Waals surface area contributed by atoms with Gasteiger partial charge in [0.05, 0.1) is 4.92 Å². The van der Waals surface area contributed by atoms with Crippen LogP contribution in [-0.4, -0.2) is 33.0 Å². The number of carboxylic acids is 1. The highest BCUT2D eigenvalue weighted by molar-refractivity contribution is 5.86. The lowest BCUT2D eigenvalue weighted by atomic mass is 10.2. The summed E-state index contributed by atoms with van der Waals surface area (Å²) < 4.78 is 1.59. The summed E-state index contributed by atoms with van der Waals surface area (Å²) in [6.45, 7) is -0.488. The predicted molar refractivity (Wildman–Crippen MR) is 69.2 cm³/mol. The van der Waals surface area contributed by atoms with Crippen LogP contribution in [0.2, 0.25) is 0 Å². The van der Waals surface area contributed by atoms with Crippen molar-refractivity contribution in [3.63, 3.8) is 0 Å². The molecule has 0 bridgehead atoms. The van der Waals surface area contributed by atoms with Crippen molar-refractivity contribution in [2.75, 3.05) is 6.54 Å². The van der Waals surface area contributed by atoms with E-state index >= 15 is 0 Å². The molecule has 0 aliphatic rings. The number of amides is 1. The molecule has 1 amide bonds. The van der Waals surface area contributed by atoms with Gasteiger partial charge in [-0.05, 0) is 12.1 Å². The number of carbonyl (C=O) groups excluding carboxylic acids is 1. The third kappa shape index (κ3) is 2.91. The minimum Gasteiger partial charge on any atom is -0.480 e. The molecule has 8 nitrogen and oxygen atoms in total. The molecule has 8 heteroatoms. The second-order valence-electron chi connectivity index (χ2n) is 4.11. The number of aromatic nitrogens is 1. The van der Waals surface area contributed by atoms with Gasteiger partial charge in [-0.2, -0.15) is 0 Å². The summed E-state index contributed by atoms with van der Waals surface area (Å²) in [5, 5.41) is 22.0. The smallest absolute Gasteiger partial charge is 0.322 e. The Bertz CT molecular complexity index is 691. The van der Waals surface area contributed by atoms with E-state index in [0.717, 1.165) is 0 Å². The molecule has 0 fully saturated rings. The molecule has 0 aliphatic heterocycles. The maximum absolute atomic E-state index is 11.5. The lowest BCUT2D eigenvalue weighted by Gasteiger charge is -2.05. The van der Waals surface area contributed by atoms with E-state index in [-0.39, 0.29) is 12.2 Å². The van der Waals surface area contributed by atoms with Crippen molar-refractivity contribution < 1.29 is 19.6 Å². The number of benzene rings is 1. The van der Waals surface area contributed by atoms with Gasteiger partial charge in [0.2, 0.25) is 5.91 Å². The van der Waals surface area contributed by atoms with Gasteiger partial charge in [-0.15, -0.1) is 0 Å². The molecule has 20 heavy (non-hydrogen) atoms. The summed E-state index contributed by atoms with van der Waals surface area (Å²) in [6, 6.07) is 5.99. The van der Waals surface area contributed by atoms with Gasteiger partial charge in [0.1, 0.15) is 13.1 Å². The Morgan fingerprint density at radius 3 is 2.75 bits per heavy atom. The Labute approximate surface area is 112 Å². The van der Waals surface area contributed by atoms with E-state index < -0.39 is 23.3 Å². The molecule has 2 rings (SSSR count). The molecule has 0 atom stereocenters. The average molecular weight is 277 g/mol. The van der Waals surface area contributed by atoms with E-state index in [2.05, 4.69) is 5.32 Å². The zero-order chi connectivity index (χ0) is 14.7. The molecule has 104 valence electrons. The van der Waals surface area contributed by atoms with Gasteiger partial charge in [0, 0.05) is 29.2 Å². The van der Waals surface area contributed by atoms with E-state index in [1.807, 2.05) is 0 Å². The van der Waals surface area contributed by atoms with Crippen LogP contribution in [0.3, 0.4) is 0 Å². The van der Waals surface area contributed by atoms with Gasteiger partial charge in [-0.3, -0.25) is 19.7 Å². The third-order valence-electron chi connectivity index (χ3n) is 2.72. The van der Waals surface area contributed by atoms with Crippen molar-refractivity contribution in [1.29, 1.82) is 0 Å². The first-order valence-corrected chi connectivity index (χ1v) is 5.69. The minimum atomic E-state index is -1.12. The molecular weight excluding hydrogens is 266 g/mol. The van der Waals surface area contributed by atoms with Gasteiger partial charge in [0.25, 0.3) is 5.69 Å². The number of carbonyl (C=O) groups is 2. The molecule has 0 saturated heterocycles. The van der Waals surface area contributed by atoms with Gasteiger partial charge in [-0.25, -0.2) is 0 Å². The zero-order valence-electron chi connectivity index (χ0n) is 10.3. The van der Waals surface area contributed by atoms with Gasteiger partial charge >= 0.3 is 5.97 Å². The highest BCUT2D eigenvalue weighted by Gasteiger charge is 2.11. The number of hydrogen-bond acceptors (Lipinski definition) is 4. The number of hydrogen-bond donors (Lipinski definition) is 2. The highest BCUT2D eigenvalue weighted by Crippen LogP contribution is 2.21. The number of nitro benzene ring substituents is 1. The predicted octanol–water partition coefficient (Wildman–Crippen LogP) is 0.750. The highest BCUT2D eigenvalue weighted by atomic mass is 16.6. The van der Waals surface area contributed by atoms with E-state index in [1.165, 1.54) is 12.1 Å². The second kappa shape index (κ2) is 5.39. The first-order chi connectivity index (χ1) is 9.47. The summed E-state index contributed by atoms with van der Waals surface area (Å²) >= 11 is 0. The van der Waals surface area contributed by atoms with Crippen LogP contribution in [0.5, 0.6) is 0 Å². The Balaban J connectivity index is 2.17. The van der Waals surface area contributed by atoms with E-state index in [1.54, 1.807) is 22.9 Å². The number of rotatable bonds is 5. The van der Waals surface area contributed by atoms with Crippen molar-refractivity contribution in [2.45, 2.75) is 6.54 Å². The largest absolute Gasteiger partial charge is 0.480 e. The summed E-state index contributed by atoms with van der Waals surface area (Å²) in [5.41, 5.74) is 0.645. The molecule has 0 aliphatic carbocycles. The molecule has 0 unspecified atom stereocenters. The number of non-ortho nitro benzene ring substituents is 1. The fourth-order valence-electron chi connectivity index (χ4n) is 1.82. The summed E-state index contributed by atoms with van der Waals surface area (Å²) in [5.74, 6) is -1.56. The van der Waals surface area contributed by atoms with Gasteiger partial charge < -0.3 is 15.0 Å². The molecule has 2 aromatic rings. The fourth-order valence-corrected chi connectivity index (χ4v) is 1.82. The van der Waals surface area contributed by atoms with Crippen LogP contribution >= 0.6 is 0 Å². The van der Waals surface area contributed by atoms with Crippen LogP contribution in [-0.2, 0) is 16.1 Å². The lowest BCUT2D eigenvalue weighted by molar-refractivity contribution is -0.384. The molecule has 1 aromatic carbocycles. The maximum atomic E-state index is 11.5. The number of nitrogens with one attached hydrogen (secondary N) is 1. The molecule has 0 spiro atoms. The first-order valence-electron chi connectivity index (χ1n) is 5.69. The number of fused-ring (bicyclic) bond motifs is 1. The average Bonchev–Trinajstić information content (AvgIpc) is 2.79. The Morgan fingerprint density at radius 2 is 2.10 bits per heavy atom. The molecule has 1 heterocycles. The standard InChI is InChI=1S/C12H11N3O5/c16-11(13-6-12(17)18)7-14-4-3-8-5-9(15(19)20)1-2-10(8)14/h1-5H,6-7H2,(H,13,16)(H,17,18). The minimum absolute atomic E-state index is 0.0226. The van der Waals surface area contributed by atoms with Crippen LogP contribution in [0, 0.1) is 10.1 Å². The van der Waals surface area contributed by atoms with Crippen molar-refractivity contribution in [1.82, 2.24) is 9.88 Å². The third-order valence-corrected chi connectivity index (χ3v) is 2.72. The van der Waals surface area contributed by atoms with Crippen LogP contribution in [0.4, 0.5) is 5.69 Å². The molecule has 0 saturated carbocycles. The summed E-state index contributed by atoms with van der Waals surface area (Å²) in [7, 11) is 0. The summed E-state index contributed by atoms with van der Waals surface area (Å²) in [6.07, 6.45) is 1.62. The quantitative estimate of drug-likeness (QED) is 0.618. The first kappa shape index (κ1) is 13.5. The monoisotopic (exact) mass is 277 g/mol. The van der Waals surface area contributed by atoms with E-state index in [9.17, 15) is 19.7 Å². The summed E-state index contributed by atoms with van der Waals surface area (Å²) in [4.78, 5) is 32.0. The number of aliphatic carboxylic acids is 1. The Kier molecular flexibility index (Phi) is 3.65. The van der Waals surface area contributed by atoms with Crippen molar-refractivity contribution in [2.24, 2.45) is 0 Å². The topological polar surface area (TPSA) is 114 Å². The Morgan fingerprint density at radius 1 is 1.35 bits per heavy atom. The van der Waals surface area contributed by atoms with E-state index in [0.29, 0.717) is 10.9 Å². The van der Waals surface area contributed by atoms with Gasteiger partial charge in [-0.1, -0.05) is 0 Å². The number of nitro groups is 1. The SMILES string of the molecule is O=C(O)CNC(=O)Cn1ccc2cc([N+](=O)[O-])ccc21. The Hall–Kier alpha value is -2.90. The van der Waals surface area contributed by atoms with E-state index in [4.69, 9.17) is 5.11 Å². The van der Waals surface area contributed by atoms with Crippen LogP contribution in [0.1, 0.15) is 0 Å². The van der Waals surface area contributed by atoms with Gasteiger partial charge in [0.15, 0.2) is 0 Å². The number of carboxylic acid groups (broad SMARTS) is 1. The van der Waals surface area contributed by atoms with Crippen LogP contribution < -0.4 is 5.32 Å². The van der Waals surface area contributed by atoms with Crippen molar-refractivity contribution in [3.05, 3.63) is 40.6 Å². The van der Waals surface area contributed by atoms with Crippen LogP contribution in [0.25, 0.3) is 10.9 Å². The second-order valence-corrected chi connectivity index (χ2v) is 4.11. The van der Waals surface area contributed by atoms with Crippen molar-refractivity contribution in [3.8, 4) is 0 Å². The normalized spacial score (nSPS) is 10.4. The van der Waals surface area contributed by atoms with Crippen molar-refractivity contribution >= 4 is 28.5 Å². The molecular formula is C12H11N3O5. The number of nitrogens with zero attached hydrogens (tertiary/aromatic N) is 2. The zero-order valence-corrected chi connectivity index (χ0v) is 10.3. The molecule has 1 aromatic heterocycles. The molecule has 2 N–H and O–H groups in total. The molecule has 0 radical (unpaired) electrons. The fraction of sp³-hybridized carbons (Fsp3) is 0.167.